The minimum atomic E-state index is -1.03. The quantitative estimate of drug-likeness (QED) is 0.587. The Morgan fingerprint density at radius 2 is 1.84 bits per heavy atom. The average molecular weight is 276 g/mol. The number of hydrogen-bond donors (Lipinski definition) is 2. The fourth-order valence-corrected chi connectivity index (χ4v) is 1.86. The maximum Gasteiger partial charge on any atom is 0.329 e. The number of hydrogen-bond acceptors (Lipinski definition) is 5. The van der Waals surface area contributed by atoms with Crippen molar-refractivity contribution in [3.05, 3.63) is 0 Å². The molecule has 0 aromatic carbocycles. The van der Waals surface area contributed by atoms with Crippen molar-refractivity contribution < 1.29 is 28.9 Å². The molecule has 0 aliphatic carbocycles. The number of amides is 2. The van der Waals surface area contributed by atoms with Gasteiger partial charge in [0.2, 0.25) is 0 Å². The van der Waals surface area contributed by atoms with E-state index in [0.29, 0.717) is 13.1 Å². The number of nitrogens with one attached hydrogen (secondary N) is 1. The van der Waals surface area contributed by atoms with Gasteiger partial charge in [-0.3, -0.25) is 0 Å². The first-order valence-corrected chi connectivity index (χ1v) is 5.96. The van der Waals surface area contributed by atoms with Crippen molar-refractivity contribution in [3.8, 4) is 0 Å². The number of carboxylic acids is 1. The Labute approximate surface area is 111 Å². The Hall–Kier alpha value is -1.38. The Morgan fingerprint density at radius 1 is 1.26 bits per heavy atom. The number of carbonyl (C=O) groups is 2. The minimum Gasteiger partial charge on any atom is -0.480 e. The van der Waals surface area contributed by atoms with Crippen molar-refractivity contribution in [3.63, 3.8) is 0 Å². The molecule has 2 amide bonds. The number of urea groups is 1. The first kappa shape index (κ1) is 15.7. The topological polar surface area (TPSA) is 97.3 Å². The van der Waals surface area contributed by atoms with Gasteiger partial charge in [0.25, 0.3) is 0 Å². The van der Waals surface area contributed by atoms with Crippen LogP contribution in [0, 0.1) is 0 Å². The van der Waals surface area contributed by atoms with Gasteiger partial charge >= 0.3 is 12.0 Å². The lowest BCUT2D eigenvalue weighted by Crippen LogP contribution is -2.40. The van der Waals surface area contributed by atoms with Crippen molar-refractivity contribution in [1.82, 2.24) is 10.2 Å². The average Bonchev–Trinajstić information content (AvgIpc) is 2.81. The second-order valence-corrected chi connectivity index (χ2v) is 4.13. The van der Waals surface area contributed by atoms with E-state index in [1.54, 1.807) is 19.1 Å². The van der Waals surface area contributed by atoms with Crippen molar-refractivity contribution in [1.29, 1.82) is 0 Å². The summed E-state index contributed by atoms with van der Waals surface area (Å²) in [5.74, 6) is -1.03. The third-order valence-electron chi connectivity index (χ3n) is 2.86. The lowest BCUT2D eigenvalue weighted by atomic mass is 10.3. The molecule has 1 saturated heterocycles. The summed E-state index contributed by atoms with van der Waals surface area (Å²) < 4.78 is 15.3. The number of aliphatic carboxylic acids is 1. The SMILES string of the molecule is COC1CN(C(=O)NCCOCC(=O)O)CC1OC. The number of methoxy groups -OCH3 is 2. The van der Waals surface area contributed by atoms with Crippen LogP contribution in [0.1, 0.15) is 0 Å². The zero-order chi connectivity index (χ0) is 14.3. The van der Waals surface area contributed by atoms with Gasteiger partial charge in [-0.1, -0.05) is 0 Å². The fraction of sp³-hybridized carbons (Fsp3) is 0.818. The molecule has 0 saturated carbocycles. The molecule has 19 heavy (non-hydrogen) atoms. The van der Waals surface area contributed by atoms with E-state index in [1.165, 1.54) is 0 Å². The highest BCUT2D eigenvalue weighted by Crippen LogP contribution is 2.15. The van der Waals surface area contributed by atoms with Crippen LogP contribution in [0.25, 0.3) is 0 Å². The summed E-state index contributed by atoms with van der Waals surface area (Å²) in [4.78, 5) is 23.6. The lowest BCUT2D eigenvalue weighted by molar-refractivity contribution is -0.142. The molecule has 0 bridgehead atoms. The molecule has 2 atom stereocenters. The van der Waals surface area contributed by atoms with Gasteiger partial charge in [0.05, 0.1) is 19.7 Å². The Bertz CT molecular complexity index is 300. The molecule has 110 valence electrons. The zero-order valence-corrected chi connectivity index (χ0v) is 11.1. The number of nitrogens with zero attached hydrogens (tertiary/aromatic N) is 1. The molecule has 0 radical (unpaired) electrons. The Balaban J connectivity index is 2.21. The summed E-state index contributed by atoms with van der Waals surface area (Å²) in [7, 11) is 3.16. The van der Waals surface area contributed by atoms with E-state index in [2.05, 4.69) is 5.32 Å². The maximum absolute atomic E-state index is 11.8. The number of carbonyl (C=O) groups excluding carboxylic acids is 1. The van der Waals surface area contributed by atoms with Crippen molar-refractivity contribution in [2.24, 2.45) is 0 Å². The Morgan fingerprint density at radius 3 is 2.32 bits per heavy atom. The molecule has 0 aromatic heterocycles. The van der Waals surface area contributed by atoms with Crippen LogP contribution in [0.15, 0.2) is 0 Å². The van der Waals surface area contributed by atoms with Gasteiger partial charge in [-0.2, -0.15) is 0 Å². The molecule has 8 heteroatoms. The lowest BCUT2D eigenvalue weighted by Gasteiger charge is -2.16. The molecule has 1 aliphatic heterocycles. The van der Waals surface area contributed by atoms with Crippen LogP contribution in [0.3, 0.4) is 0 Å². The highest BCUT2D eigenvalue weighted by atomic mass is 16.5. The predicted molar refractivity (Wildman–Crippen MR) is 65.0 cm³/mol. The molecule has 8 nitrogen and oxygen atoms in total. The summed E-state index contributed by atoms with van der Waals surface area (Å²) in [5, 5.41) is 11.0. The highest BCUT2D eigenvalue weighted by Gasteiger charge is 2.35. The van der Waals surface area contributed by atoms with Gasteiger partial charge in [0.1, 0.15) is 18.8 Å². The molecule has 2 N–H and O–H groups in total. The second-order valence-electron chi connectivity index (χ2n) is 4.13. The van der Waals surface area contributed by atoms with Gasteiger partial charge < -0.3 is 29.5 Å². The molecule has 0 spiro atoms. The highest BCUT2D eigenvalue weighted by molar-refractivity contribution is 5.74. The van der Waals surface area contributed by atoms with E-state index in [0.717, 1.165) is 0 Å². The van der Waals surface area contributed by atoms with Crippen LogP contribution in [0.4, 0.5) is 4.79 Å². The summed E-state index contributed by atoms with van der Waals surface area (Å²) >= 11 is 0. The third-order valence-corrected chi connectivity index (χ3v) is 2.86. The maximum atomic E-state index is 11.8. The smallest absolute Gasteiger partial charge is 0.329 e. The fourth-order valence-electron chi connectivity index (χ4n) is 1.86. The van der Waals surface area contributed by atoms with E-state index in [1.807, 2.05) is 0 Å². The summed E-state index contributed by atoms with van der Waals surface area (Å²) in [5.41, 5.74) is 0. The van der Waals surface area contributed by atoms with Crippen molar-refractivity contribution in [2.75, 3.05) is 47.1 Å². The van der Waals surface area contributed by atoms with Crippen LogP contribution < -0.4 is 5.32 Å². The zero-order valence-electron chi connectivity index (χ0n) is 11.1. The molecule has 2 unspecified atom stereocenters. The molecule has 1 aliphatic rings. The number of likely N-dealkylation sites (tertiary alicyclic amines) is 1. The van der Waals surface area contributed by atoms with E-state index in [-0.39, 0.29) is 38.0 Å². The van der Waals surface area contributed by atoms with Crippen molar-refractivity contribution in [2.45, 2.75) is 12.2 Å². The minimum absolute atomic E-state index is 0.126. The Kier molecular flexibility index (Phi) is 6.54. The van der Waals surface area contributed by atoms with Gasteiger partial charge in [-0.05, 0) is 0 Å². The van der Waals surface area contributed by atoms with Crippen molar-refractivity contribution >= 4 is 12.0 Å². The van der Waals surface area contributed by atoms with Gasteiger partial charge in [-0.25, -0.2) is 9.59 Å². The number of rotatable bonds is 7. The summed E-state index contributed by atoms with van der Waals surface area (Å²) in [6.07, 6.45) is -0.252. The van der Waals surface area contributed by atoms with E-state index in [4.69, 9.17) is 19.3 Å². The molecule has 0 aromatic rings. The number of carboxylic acid groups (broad SMARTS) is 1. The van der Waals surface area contributed by atoms with Gasteiger partial charge in [0, 0.05) is 20.8 Å². The molecular weight excluding hydrogens is 256 g/mol. The first-order chi connectivity index (χ1) is 9.08. The molecule has 1 fully saturated rings. The molecular formula is C11H20N2O6. The van der Waals surface area contributed by atoms with Gasteiger partial charge in [0.15, 0.2) is 0 Å². The predicted octanol–water partition coefficient (Wildman–Crippen LogP) is -0.857. The van der Waals surface area contributed by atoms with E-state index in [9.17, 15) is 9.59 Å². The van der Waals surface area contributed by atoms with Crippen LogP contribution in [-0.2, 0) is 19.0 Å². The van der Waals surface area contributed by atoms with E-state index >= 15 is 0 Å². The van der Waals surface area contributed by atoms with E-state index < -0.39 is 5.97 Å². The first-order valence-electron chi connectivity index (χ1n) is 5.96. The summed E-state index contributed by atoms with van der Waals surface area (Å²) in [6.45, 7) is 0.996. The van der Waals surface area contributed by atoms with Crippen LogP contribution in [0.5, 0.6) is 0 Å². The molecule has 1 rings (SSSR count). The monoisotopic (exact) mass is 276 g/mol. The summed E-state index contributed by atoms with van der Waals surface area (Å²) in [6, 6.07) is -0.236. The number of ether oxygens (including phenoxy) is 3. The van der Waals surface area contributed by atoms with Gasteiger partial charge in [-0.15, -0.1) is 0 Å². The van der Waals surface area contributed by atoms with Crippen LogP contribution in [-0.4, -0.2) is 81.3 Å². The second kappa shape index (κ2) is 7.93. The van der Waals surface area contributed by atoms with Crippen LogP contribution in [0.2, 0.25) is 0 Å². The van der Waals surface area contributed by atoms with Crippen LogP contribution >= 0.6 is 0 Å². The molecule has 1 heterocycles. The standard InChI is InChI=1S/C11H20N2O6/c1-17-8-5-13(6-9(8)18-2)11(16)12-3-4-19-7-10(14)15/h8-9H,3-7H2,1-2H3,(H,12,16)(H,14,15). The largest absolute Gasteiger partial charge is 0.480 e. The normalized spacial score (nSPS) is 22.5. The third kappa shape index (κ3) is 5.01.